The molecule has 0 unspecified atom stereocenters. The highest BCUT2D eigenvalue weighted by Crippen LogP contribution is 1.97. The van der Waals surface area contributed by atoms with Crippen LogP contribution in [0, 0.1) is 0 Å². The lowest BCUT2D eigenvalue weighted by Crippen LogP contribution is -3.00. The molecule has 0 bridgehead atoms. The van der Waals surface area contributed by atoms with Crippen LogP contribution in [0.5, 0.6) is 0 Å². The molecule has 0 radical (unpaired) electrons. The SMILES string of the molecule is [Cl-].[Cl-].[Cl-].c1cc[n+](COCC(COC[n+]2ccccc2)OC[n+]2ccccc2)cc1. The van der Waals surface area contributed by atoms with Gasteiger partial charge in [-0.3, -0.25) is 0 Å². The van der Waals surface area contributed by atoms with Crippen LogP contribution in [0.15, 0.2) is 91.8 Å². The zero-order valence-electron chi connectivity index (χ0n) is 16.5. The minimum Gasteiger partial charge on any atom is -1.00 e. The first-order valence-electron chi connectivity index (χ1n) is 8.99. The van der Waals surface area contributed by atoms with Gasteiger partial charge in [0.2, 0.25) is 0 Å². The summed E-state index contributed by atoms with van der Waals surface area (Å²) in [6.45, 7) is 2.32. The predicted octanol–water partition coefficient (Wildman–Crippen LogP) is -7.75. The normalized spacial score (nSPS) is 9.90. The standard InChI is InChI=1S/C21H26N3O3.3ClH/c1-4-10-22(11-5-1)18-25-16-21(27-20-24-14-8-3-9-15-24)17-26-19-23-12-6-2-7-13-23;;;/h1-15,21H,16-20H2;3*1H/q+3;;;/p-3. The molecule has 0 amide bonds. The van der Waals surface area contributed by atoms with Crippen LogP contribution >= 0.6 is 0 Å². The van der Waals surface area contributed by atoms with E-state index in [2.05, 4.69) is 0 Å². The van der Waals surface area contributed by atoms with Gasteiger partial charge in [0.25, 0.3) is 20.2 Å². The summed E-state index contributed by atoms with van der Waals surface area (Å²) in [5, 5.41) is 0. The summed E-state index contributed by atoms with van der Waals surface area (Å²) < 4.78 is 23.6. The third-order valence-electron chi connectivity index (χ3n) is 3.88. The van der Waals surface area contributed by atoms with Crippen LogP contribution in [0.2, 0.25) is 0 Å². The van der Waals surface area contributed by atoms with Crippen molar-refractivity contribution < 1.29 is 65.1 Å². The molecule has 3 rings (SSSR count). The topological polar surface area (TPSA) is 39.3 Å². The third-order valence-corrected chi connectivity index (χ3v) is 3.88. The minimum atomic E-state index is -0.161. The average molecular weight is 475 g/mol. The second kappa shape index (κ2) is 16.9. The molecule has 0 fully saturated rings. The predicted molar refractivity (Wildman–Crippen MR) is 96.7 cm³/mol. The molecule has 0 spiro atoms. The van der Waals surface area contributed by atoms with E-state index in [9.17, 15) is 0 Å². The number of aromatic nitrogens is 3. The Morgan fingerprint density at radius 1 is 0.467 bits per heavy atom. The van der Waals surface area contributed by atoms with Crippen molar-refractivity contribution in [3.63, 3.8) is 0 Å². The van der Waals surface area contributed by atoms with Crippen LogP contribution < -0.4 is 50.9 Å². The van der Waals surface area contributed by atoms with Crippen molar-refractivity contribution >= 4 is 0 Å². The van der Waals surface area contributed by atoms with Crippen LogP contribution in [0.25, 0.3) is 0 Å². The molecule has 0 N–H and O–H groups in total. The summed E-state index contributed by atoms with van der Waals surface area (Å²) in [7, 11) is 0. The van der Waals surface area contributed by atoms with Crippen LogP contribution in [0.3, 0.4) is 0 Å². The van der Waals surface area contributed by atoms with Crippen molar-refractivity contribution in [1.29, 1.82) is 0 Å². The average Bonchev–Trinajstić information content (AvgIpc) is 2.74. The molecule has 6 nitrogen and oxygen atoms in total. The van der Waals surface area contributed by atoms with Crippen LogP contribution in [-0.2, 0) is 34.4 Å². The number of hydrogen-bond acceptors (Lipinski definition) is 3. The number of nitrogens with zero attached hydrogens (tertiary/aromatic N) is 3. The van der Waals surface area contributed by atoms with E-state index in [0.29, 0.717) is 33.4 Å². The molecule has 0 aromatic carbocycles. The third kappa shape index (κ3) is 10.8. The lowest BCUT2D eigenvalue weighted by molar-refractivity contribution is -0.742. The summed E-state index contributed by atoms with van der Waals surface area (Å²) in [5.41, 5.74) is 0. The first-order chi connectivity index (χ1) is 13.4. The Balaban J connectivity index is 0.00000280. The number of pyridine rings is 3. The molecular formula is C21H26Cl3N3O3. The fourth-order valence-electron chi connectivity index (χ4n) is 2.48. The monoisotopic (exact) mass is 473 g/mol. The highest BCUT2D eigenvalue weighted by Gasteiger charge is 2.15. The molecule has 0 atom stereocenters. The molecule has 3 aromatic heterocycles. The molecule has 0 saturated heterocycles. The fraction of sp³-hybridized carbons (Fsp3) is 0.286. The first-order valence-corrected chi connectivity index (χ1v) is 8.99. The van der Waals surface area contributed by atoms with Gasteiger partial charge in [0.15, 0.2) is 37.2 Å². The quantitative estimate of drug-likeness (QED) is 0.259. The van der Waals surface area contributed by atoms with Crippen molar-refractivity contribution in [3.8, 4) is 0 Å². The molecule has 0 aliphatic rings. The second-order valence-corrected chi connectivity index (χ2v) is 6.09. The van der Waals surface area contributed by atoms with Crippen molar-refractivity contribution in [1.82, 2.24) is 0 Å². The molecular weight excluding hydrogens is 449 g/mol. The number of hydrogen-bond donors (Lipinski definition) is 0. The minimum absolute atomic E-state index is 0. The van der Waals surface area contributed by atoms with Gasteiger partial charge in [-0.25, -0.2) is 0 Å². The maximum atomic E-state index is 6.00. The molecule has 3 heterocycles. The lowest BCUT2D eigenvalue weighted by atomic mass is 10.4. The van der Waals surface area contributed by atoms with E-state index in [-0.39, 0.29) is 43.3 Å². The van der Waals surface area contributed by atoms with Gasteiger partial charge in [0.05, 0.1) is 13.2 Å². The van der Waals surface area contributed by atoms with E-state index in [0.717, 1.165) is 0 Å². The second-order valence-electron chi connectivity index (χ2n) is 6.09. The highest BCUT2D eigenvalue weighted by atomic mass is 35.5. The van der Waals surface area contributed by atoms with E-state index in [1.807, 2.05) is 105 Å². The van der Waals surface area contributed by atoms with E-state index in [4.69, 9.17) is 14.2 Å². The Labute approximate surface area is 196 Å². The van der Waals surface area contributed by atoms with Gasteiger partial charge in [-0.05, 0) is 0 Å². The molecule has 3 aromatic rings. The Kier molecular flexibility index (Phi) is 15.9. The smallest absolute Gasteiger partial charge is 0.253 e. The van der Waals surface area contributed by atoms with Crippen LogP contribution in [-0.4, -0.2) is 19.3 Å². The summed E-state index contributed by atoms with van der Waals surface area (Å²) in [4.78, 5) is 0. The Bertz CT molecular complexity index is 726. The summed E-state index contributed by atoms with van der Waals surface area (Å²) in [6, 6.07) is 17.8. The van der Waals surface area contributed by atoms with Crippen molar-refractivity contribution in [2.75, 3.05) is 13.2 Å². The zero-order chi connectivity index (χ0) is 18.6. The van der Waals surface area contributed by atoms with E-state index in [1.54, 1.807) is 0 Å². The summed E-state index contributed by atoms with van der Waals surface area (Å²) >= 11 is 0. The molecule has 164 valence electrons. The Hall–Kier alpha value is -1.80. The van der Waals surface area contributed by atoms with Gasteiger partial charge in [-0.15, -0.1) is 0 Å². The van der Waals surface area contributed by atoms with Gasteiger partial charge in [-0.2, -0.15) is 13.7 Å². The largest absolute Gasteiger partial charge is 1.00 e. The van der Waals surface area contributed by atoms with Crippen LogP contribution in [0.1, 0.15) is 0 Å². The fourth-order valence-corrected chi connectivity index (χ4v) is 2.48. The molecule has 0 aliphatic heterocycles. The van der Waals surface area contributed by atoms with Crippen molar-refractivity contribution in [3.05, 3.63) is 91.8 Å². The molecule has 9 heteroatoms. The van der Waals surface area contributed by atoms with Gasteiger partial charge < -0.3 is 51.4 Å². The number of rotatable bonds is 11. The van der Waals surface area contributed by atoms with Gasteiger partial charge >= 0.3 is 0 Å². The lowest BCUT2D eigenvalue weighted by Gasteiger charge is -2.15. The highest BCUT2D eigenvalue weighted by molar-refractivity contribution is 4.84. The van der Waals surface area contributed by atoms with E-state index in [1.165, 1.54) is 0 Å². The van der Waals surface area contributed by atoms with Gasteiger partial charge in [0, 0.05) is 36.4 Å². The van der Waals surface area contributed by atoms with Crippen molar-refractivity contribution in [2.45, 2.75) is 26.3 Å². The summed E-state index contributed by atoms with van der Waals surface area (Å²) in [5.74, 6) is 0. The molecule has 0 saturated carbocycles. The van der Waals surface area contributed by atoms with E-state index >= 15 is 0 Å². The molecule has 0 aliphatic carbocycles. The Morgan fingerprint density at radius 2 is 0.800 bits per heavy atom. The van der Waals surface area contributed by atoms with E-state index < -0.39 is 0 Å². The van der Waals surface area contributed by atoms with Gasteiger partial charge in [-0.1, -0.05) is 18.2 Å². The first kappa shape index (κ1) is 28.2. The number of ether oxygens (including phenoxy) is 3. The maximum Gasteiger partial charge on any atom is 0.253 e. The Morgan fingerprint density at radius 3 is 1.17 bits per heavy atom. The summed E-state index contributed by atoms with van der Waals surface area (Å²) in [6.07, 6.45) is 11.7. The molecule has 30 heavy (non-hydrogen) atoms. The zero-order valence-corrected chi connectivity index (χ0v) is 18.7. The maximum absolute atomic E-state index is 6.00. The van der Waals surface area contributed by atoms with Crippen molar-refractivity contribution in [2.24, 2.45) is 0 Å². The van der Waals surface area contributed by atoms with Crippen LogP contribution in [0.4, 0.5) is 0 Å². The number of halogens is 3. The van der Waals surface area contributed by atoms with Gasteiger partial charge in [0.1, 0.15) is 6.10 Å².